The summed E-state index contributed by atoms with van der Waals surface area (Å²) < 4.78 is 4.43. The molecule has 0 saturated carbocycles. The van der Waals surface area contributed by atoms with Gasteiger partial charge in [-0.1, -0.05) is 26.2 Å². The fourth-order valence-electron chi connectivity index (χ4n) is 0.547. The van der Waals surface area contributed by atoms with Crippen LogP contribution in [0.4, 0.5) is 0 Å². The van der Waals surface area contributed by atoms with Crippen molar-refractivity contribution in [1.82, 2.24) is 0 Å². The van der Waals surface area contributed by atoms with Crippen molar-refractivity contribution in [3.05, 3.63) is 5.32 Å². The number of carbonyl (C=O) groups is 1. The van der Waals surface area contributed by atoms with E-state index in [9.17, 15) is 4.79 Å². The van der Waals surface area contributed by atoms with Gasteiger partial charge >= 0.3 is 0 Å². The summed E-state index contributed by atoms with van der Waals surface area (Å²) in [4.78, 5) is 10.6. The molecule has 0 aromatic carbocycles. The van der Waals surface area contributed by atoms with E-state index in [4.69, 9.17) is 0 Å². The molecule has 0 N–H and O–H groups in total. The molecule has 0 bridgehead atoms. The monoisotopic (exact) mass is 261 g/mol. The number of rotatable bonds is 3. The van der Waals surface area contributed by atoms with Crippen molar-refractivity contribution in [3.8, 4) is 0 Å². The van der Waals surface area contributed by atoms with Crippen molar-refractivity contribution in [2.75, 3.05) is 20.2 Å². The van der Waals surface area contributed by atoms with Gasteiger partial charge in [0.2, 0.25) is 0 Å². The molecule has 4 heteroatoms. The molecule has 0 aromatic rings. The summed E-state index contributed by atoms with van der Waals surface area (Å²) in [5.41, 5.74) is 0.161. The molecule has 0 fully saturated rings. The van der Waals surface area contributed by atoms with Crippen molar-refractivity contribution in [3.63, 3.8) is 0 Å². The average Bonchev–Trinajstić information content (AvgIpc) is 1.85. The Labute approximate surface area is 87.0 Å². The van der Waals surface area contributed by atoms with Crippen LogP contribution in [0.25, 0.3) is 5.32 Å². The molecule has 0 atom stereocenters. The zero-order valence-electron chi connectivity index (χ0n) is 8.01. The maximum absolute atomic E-state index is 10.6. The van der Waals surface area contributed by atoms with E-state index in [2.05, 4.69) is 30.8 Å². The SMILES string of the molecule is COC(=O)C[N-]CC(C)(C)C.[Rh]. The van der Waals surface area contributed by atoms with E-state index in [1.165, 1.54) is 7.11 Å². The first-order chi connectivity index (χ1) is 4.95. The molecule has 3 nitrogen and oxygen atoms in total. The van der Waals surface area contributed by atoms with Crippen LogP contribution in [0.3, 0.4) is 0 Å². The van der Waals surface area contributed by atoms with Crippen LogP contribution in [0.5, 0.6) is 0 Å². The van der Waals surface area contributed by atoms with Crippen molar-refractivity contribution < 1.29 is 29.0 Å². The second-order valence-electron chi connectivity index (χ2n) is 3.68. The van der Waals surface area contributed by atoms with Gasteiger partial charge in [-0.05, 0) is 6.54 Å². The average molecular weight is 261 g/mol. The third-order valence-corrected chi connectivity index (χ3v) is 1.05. The van der Waals surface area contributed by atoms with E-state index >= 15 is 0 Å². The van der Waals surface area contributed by atoms with Crippen molar-refractivity contribution >= 4 is 5.97 Å². The van der Waals surface area contributed by atoms with Gasteiger partial charge in [-0.25, -0.2) is 0 Å². The molecule has 0 amide bonds. The van der Waals surface area contributed by atoms with Crippen LogP contribution in [-0.2, 0) is 29.0 Å². The van der Waals surface area contributed by atoms with Crippen LogP contribution in [-0.4, -0.2) is 26.2 Å². The van der Waals surface area contributed by atoms with E-state index in [-0.39, 0.29) is 37.4 Å². The van der Waals surface area contributed by atoms with Crippen LogP contribution in [0.15, 0.2) is 0 Å². The summed E-state index contributed by atoms with van der Waals surface area (Å²) in [7, 11) is 1.37. The van der Waals surface area contributed by atoms with Gasteiger partial charge in [-0.15, -0.1) is 6.54 Å². The van der Waals surface area contributed by atoms with E-state index in [0.29, 0.717) is 6.54 Å². The predicted molar refractivity (Wildman–Crippen MR) is 44.6 cm³/mol. The minimum absolute atomic E-state index is 0. The zero-order chi connectivity index (χ0) is 8.91. The maximum Gasteiger partial charge on any atom is 0.284 e. The molecule has 0 aromatic heterocycles. The Balaban J connectivity index is 0. The smallest absolute Gasteiger partial charge is 0.284 e. The number of esters is 1. The molecule has 0 heterocycles. The normalized spacial score (nSPS) is 10.3. The summed E-state index contributed by atoms with van der Waals surface area (Å²) in [6.45, 7) is 7.10. The second-order valence-corrected chi connectivity index (χ2v) is 3.68. The van der Waals surface area contributed by atoms with Gasteiger partial charge in [0.25, 0.3) is 5.97 Å². The molecule has 0 saturated heterocycles. The van der Waals surface area contributed by atoms with E-state index in [0.717, 1.165) is 0 Å². The Morgan fingerprint density at radius 1 is 1.42 bits per heavy atom. The fourth-order valence-corrected chi connectivity index (χ4v) is 0.547. The molecule has 1 radical (unpaired) electrons. The topological polar surface area (TPSA) is 40.4 Å². The maximum atomic E-state index is 10.6. The van der Waals surface area contributed by atoms with Crippen LogP contribution in [0.2, 0.25) is 0 Å². The van der Waals surface area contributed by atoms with Crippen LogP contribution < -0.4 is 0 Å². The van der Waals surface area contributed by atoms with E-state index in [1.54, 1.807) is 0 Å². The molecule has 0 aliphatic rings. The quantitative estimate of drug-likeness (QED) is 0.571. The van der Waals surface area contributed by atoms with Crippen LogP contribution >= 0.6 is 0 Å². The van der Waals surface area contributed by atoms with Crippen LogP contribution in [0.1, 0.15) is 20.8 Å². The molecule has 75 valence electrons. The summed E-state index contributed by atoms with van der Waals surface area (Å²) in [5.74, 6) is -0.269. The molecule has 0 aliphatic carbocycles. The molecular weight excluding hydrogens is 245 g/mol. The Morgan fingerprint density at radius 3 is 2.25 bits per heavy atom. The van der Waals surface area contributed by atoms with Gasteiger partial charge < -0.3 is 10.1 Å². The summed E-state index contributed by atoms with van der Waals surface area (Å²) >= 11 is 0. The van der Waals surface area contributed by atoms with E-state index < -0.39 is 0 Å². The van der Waals surface area contributed by atoms with Gasteiger partial charge in [0.05, 0.1) is 7.11 Å². The third-order valence-electron chi connectivity index (χ3n) is 1.05. The van der Waals surface area contributed by atoms with Crippen molar-refractivity contribution in [1.29, 1.82) is 0 Å². The number of methoxy groups -OCH3 is 1. The Hall–Kier alpha value is 0.0534. The van der Waals surface area contributed by atoms with Gasteiger partial charge in [-0.3, -0.25) is 4.79 Å². The predicted octanol–water partition coefficient (Wildman–Crippen LogP) is 1.58. The third kappa shape index (κ3) is 10.1. The minimum Gasteiger partial charge on any atom is -0.653 e. The van der Waals surface area contributed by atoms with Crippen LogP contribution in [0, 0.1) is 5.41 Å². The van der Waals surface area contributed by atoms with Crippen molar-refractivity contribution in [2.24, 2.45) is 5.41 Å². The first kappa shape index (κ1) is 14.6. The van der Waals surface area contributed by atoms with Gasteiger partial charge in [-0.2, -0.15) is 0 Å². The molecule has 0 unspecified atom stereocenters. The van der Waals surface area contributed by atoms with Gasteiger partial charge in [0.15, 0.2) is 0 Å². The first-order valence-electron chi connectivity index (χ1n) is 3.66. The van der Waals surface area contributed by atoms with Crippen molar-refractivity contribution in [2.45, 2.75) is 20.8 Å². The number of hydrogen-bond donors (Lipinski definition) is 0. The number of hydrogen-bond acceptors (Lipinski definition) is 2. The molecule has 0 rings (SSSR count). The Morgan fingerprint density at radius 2 is 1.92 bits per heavy atom. The molecule has 0 spiro atoms. The zero-order valence-corrected chi connectivity index (χ0v) is 9.65. The second kappa shape index (κ2) is 6.56. The standard InChI is InChI=1S/C8H16NO2.Rh/c1-8(2,3)6-9-5-7(10)11-4;/h5-6H2,1-4H3;/q-1;. The van der Waals surface area contributed by atoms with Gasteiger partial charge in [0.1, 0.15) is 0 Å². The number of ether oxygens (including phenoxy) is 1. The fraction of sp³-hybridized carbons (Fsp3) is 0.875. The molecule has 12 heavy (non-hydrogen) atoms. The first-order valence-corrected chi connectivity index (χ1v) is 3.66. The number of nitrogens with zero attached hydrogens (tertiary/aromatic N) is 1. The largest absolute Gasteiger partial charge is 0.653 e. The summed E-state index contributed by atoms with van der Waals surface area (Å²) in [6, 6.07) is 0. The Kier molecular flexibility index (Phi) is 7.96. The minimum atomic E-state index is -0.269. The summed E-state index contributed by atoms with van der Waals surface area (Å²) in [6.07, 6.45) is 0. The molecular formula is C8H16NO2Rh-. The summed E-state index contributed by atoms with van der Waals surface area (Å²) in [5, 5.41) is 4.04. The number of carbonyl (C=O) groups excluding carboxylic acids is 1. The van der Waals surface area contributed by atoms with E-state index in [1.807, 2.05) is 0 Å². The Bertz CT molecular complexity index is 132. The van der Waals surface area contributed by atoms with Gasteiger partial charge in [0, 0.05) is 19.5 Å². The molecule has 0 aliphatic heterocycles.